The molecule has 1 saturated heterocycles. The van der Waals surface area contributed by atoms with Gasteiger partial charge in [0, 0.05) is 29.4 Å². The SMILES string of the molecule is COc1cccc(N2C(=O)CN(C(=O)c3ccc(-c4ccco4)cc3)C[C@H]2C)c1. The zero-order valence-corrected chi connectivity index (χ0v) is 16.4. The van der Waals surface area contributed by atoms with E-state index >= 15 is 0 Å². The number of furan rings is 1. The Labute approximate surface area is 169 Å². The number of piperazine rings is 1. The molecule has 2 heterocycles. The second-order valence-electron chi connectivity index (χ2n) is 7.05. The first-order valence-corrected chi connectivity index (χ1v) is 9.46. The molecular formula is C23H22N2O4. The van der Waals surface area contributed by atoms with Gasteiger partial charge in [0.25, 0.3) is 5.91 Å². The average molecular weight is 390 g/mol. The first-order valence-electron chi connectivity index (χ1n) is 9.46. The van der Waals surface area contributed by atoms with Gasteiger partial charge in [0.05, 0.1) is 19.4 Å². The van der Waals surface area contributed by atoms with Crippen LogP contribution in [0.4, 0.5) is 5.69 Å². The minimum absolute atomic E-state index is 0.0420. The standard InChI is InChI=1S/C23H22N2O4/c1-16-14-24(15-22(26)25(16)19-5-3-6-20(13-19)28-2)23(27)18-10-8-17(9-11-18)21-7-4-12-29-21/h3-13,16H,14-15H2,1-2H3/t16-/m1/s1. The number of hydrogen-bond acceptors (Lipinski definition) is 4. The number of benzene rings is 2. The molecule has 1 aromatic heterocycles. The fourth-order valence-electron chi connectivity index (χ4n) is 3.67. The molecule has 0 N–H and O–H groups in total. The van der Waals surface area contributed by atoms with Crippen LogP contribution >= 0.6 is 0 Å². The van der Waals surface area contributed by atoms with Gasteiger partial charge < -0.3 is 19.0 Å². The Morgan fingerprint density at radius 1 is 1.10 bits per heavy atom. The molecule has 6 nitrogen and oxygen atoms in total. The van der Waals surface area contributed by atoms with Crippen molar-refractivity contribution >= 4 is 17.5 Å². The number of hydrogen-bond donors (Lipinski definition) is 0. The molecule has 1 atom stereocenters. The summed E-state index contributed by atoms with van der Waals surface area (Å²) in [5.74, 6) is 1.18. The molecule has 0 spiro atoms. The lowest BCUT2D eigenvalue weighted by Crippen LogP contribution is -2.57. The molecule has 1 fully saturated rings. The van der Waals surface area contributed by atoms with Crippen molar-refractivity contribution in [2.75, 3.05) is 25.1 Å². The van der Waals surface area contributed by atoms with E-state index in [-0.39, 0.29) is 24.4 Å². The zero-order valence-electron chi connectivity index (χ0n) is 16.4. The highest BCUT2D eigenvalue weighted by atomic mass is 16.5. The molecule has 6 heteroatoms. The number of rotatable bonds is 4. The molecule has 1 aliphatic rings. The lowest BCUT2D eigenvalue weighted by Gasteiger charge is -2.39. The number of carbonyl (C=O) groups excluding carboxylic acids is 2. The van der Waals surface area contributed by atoms with E-state index < -0.39 is 0 Å². The summed E-state index contributed by atoms with van der Waals surface area (Å²) in [7, 11) is 1.60. The van der Waals surface area contributed by atoms with Gasteiger partial charge in [-0.15, -0.1) is 0 Å². The number of carbonyl (C=O) groups is 2. The van der Waals surface area contributed by atoms with Crippen molar-refractivity contribution in [3.63, 3.8) is 0 Å². The van der Waals surface area contributed by atoms with E-state index in [1.807, 2.05) is 55.5 Å². The lowest BCUT2D eigenvalue weighted by molar-refractivity contribution is -0.121. The van der Waals surface area contributed by atoms with Crippen molar-refractivity contribution < 1.29 is 18.7 Å². The molecule has 0 aliphatic carbocycles. The van der Waals surface area contributed by atoms with Crippen LogP contribution in [-0.2, 0) is 4.79 Å². The summed E-state index contributed by atoms with van der Waals surface area (Å²) in [4.78, 5) is 29.1. The van der Waals surface area contributed by atoms with Crippen LogP contribution in [0, 0.1) is 0 Å². The summed E-state index contributed by atoms with van der Waals surface area (Å²) in [5.41, 5.74) is 2.23. The lowest BCUT2D eigenvalue weighted by atomic mass is 10.1. The summed E-state index contributed by atoms with van der Waals surface area (Å²) >= 11 is 0. The van der Waals surface area contributed by atoms with Crippen LogP contribution < -0.4 is 9.64 Å². The van der Waals surface area contributed by atoms with Crippen LogP contribution in [0.5, 0.6) is 5.75 Å². The van der Waals surface area contributed by atoms with Gasteiger partial charge >= 0.3 is 0 Å². The van der Waals surface area contributed by atoms with E-state index in [2.05, 4.69) is 0 Å². The second kappa shape index (κ2) is 7.83. The van der Waals surface area contributed by atoms with Crippen LogP contribution in [0.3, 0.4) is 0 Å². The molecule has 3 aromatic rings. The third-order valence-electron chi connectivity index (χ3n) is 5.08. The first-order chi connectivity index (χ1) is 14.1. The molecule has 1 aliphatic heterocycles. The van der Waals surface area contributed by atoms with Gasteiger partial charge in [0.2, 0.25) is 5.91 Å². The predicted octanol–water partition coefficient (Wildman–Crippen LogP) is 3.83. The molecule has 29 heavy (non-hydrogen) atoms. The van der Waals surface area contributed by atoms with E-state index in [0.29, 0.717) is 17.9 Å². The van der Waals surface area contributed by atoms with E-state index in [1.165, 1.54) is 0 Å². The number of ether oxygens (including phenoxy) is 1. The topological polar surface area (TPSA) is 63.0 Å². The number of amides is 2. The Morgan fingerprint density at radius 3 is 2.55 bits per heavy atom. The molecular weight excluding hydrogens is 368 g/mol. The van der Waals surface area contributed by atoms with Gasteiger partial charge in [-0.2, -0.15) is 0 Å². The Kier molecular flexibility index (Phi) is 5.08. The quantitative estimate of drug-likeness (QED) is 0.679. The predicted molar refractivity (Wildman–Crippen MR) is 110 cm³/mol. The fourth-order valence-corrected chi connectivity index (χ4v) is 3.67. The molecule has 2 aromatic carbocycles. The molecule has 2 amide bonds. The Morgan fingerprint density at radius 2 is 1.90 bits per heavy atom. The van der Waals surface area contributed by atoms with Gasteiger partial charge in [-0.3, -0.25) is 9.59 Å². The third kappa shape index (κ3) is 3.74. The maximum atomic E-state index is 12.9. The molecule has 4 rings (SSSR count). The minimum Gasteiger partial charge on any atom is -0.497 e. The molecule has 148 valence electrons. The zero-order chi connectivity index (χ0) is 20.4. The first kappa shape index (κ1) is 18.8. The van der Waals surface area contributed by atoms with E-state index in [4.69, 9.17) is 9.15 Å². The molecule has 0 saturated carbocycles. The third-order valence-corrected chi connectivity index (χ3v) is 5.08. The van der Waals surface area contributed by atoms with Gasteiger partial charge in [-0.1, -0.05) is 18.2 Å². The van der Waals surface area contributed by atoms with Crippen LogP contribution in [0.2, 0.25) is 0 Å². The minimum atomic E-state index is -0.151. The fraction of sp³-hybridized carbons (Fsp3) is 0.217. The van der Waals surface area contributed by atoms with Crippen LogP contribution in [0.25, 0.3) is 11.3 Å². The van der Waals surface area contributed by atoms with E-state index in [1.54, 1.807) is 35.3 Å². The molecule has 0 unspecified atom stereocenters. The normalized spacial score (nSPS) is 16.8. The summed E-state index contributed by atoms with van der Waals surface area (Å²) in [5, 5.41) is 0. The summed E-state index contributed by atoms with van der Waals surface area (Å²) < 4.78 is 10.6. The van der Waals surface area contributed by atoms with Gasteiger partial charge in [0.1, 0.15) is 18.1 Å². The van der Waals surface area contributed by atoms with Crippen LogP contribution in [0.1, 0.15) is 17.3 Å². The summed E-state index contributed by atoms with van der Waals surface area (Å²) in [6, 6.07) is 18.2. The van der Waals surface area contributed by atoms with E-state index in [9.17, 15) is 9.59 Å². The van der Waals surface area contributed by atoms with Crippen molar-refractivity contribution in [2.24, 2.45) is 0 Å². The molecule has 0 radical (unpaired) electrons. The Bertz CT molecular complexity index is 1010. The van der Waals surface area contributed by atoms with Crippen molar-refractivity contribution in [1.82, 2.24) is 4.90 Å². The highest BCUT2D eigenvalue weighted by molar-refractivity contribution is 6.02. The van der Waals surface area contributed by atoms with Crippen molar-refractivity contribution in [3.8, 4) is 17.1 Å². The van der Waals surface area contributed by atoms with Gasteiger partial charge in [-0.05, 0) is 43.3 Å². The maximum Gasteiger partial charge on any atom is 0.254 e. The van der Waals surface area contributed by atoms with Crippen LogP contribution in [-0.4, -0.2) is 43.0 Å². The van der Waals surface area contributed by atoms with Gasteiger partial charge in [-0.25, -0.2) is 0 Å². The second-order valence-corrected chi connectivity index (χ2v) is 7.05. The number of methoxy groups -OCH3 is 1. The largest absolute Gasteiger partial charge is 0.497 e. The van der Waals surface area contributed by atoms with Crippen molar-refractivity contribution in [1.29, 1.82) is 0 Å². The highest BCUT2D eigenvalue weighted by Gasteiger charge is 2.33. The Balaban J connectivity index is 1.49. The average Bonchev–Trinajstić information content (AvgIpc) is 3.28. The van der Waals surface area contributed by atoms with Gasteiger partial charge in [0.15, 0.2) is 0 Å². The summed E-state index contributed by atoms with van der Waals surface area (Å²) in [6.07, 6.45) is 1.61. The van der Waals surface area contributed by atoms with Crippen molar-refractivity contribution in [2.45, 2.75) is 13.0 Å². The monoisotopic (exact) mass is 390 g/mol. The van der Waals surface area contributed by atoms with Crippen molar-refractivity contribution in [3.05, 3.63) is 72.5 Å². The maximum absolute atomic E-state index is 12.9. The summed E-state index contributed by atoms with van der Waals surface area (Å²) in [6.45, 7) is 2.44. The highest BCUT2D eigenvalue weighted by Crippen LogP contribution is 2.26. The van der Waals surface area contributed by atoms with Crippen LogP contribution in [0.15, 0.2) is 71.3 Å². The molecule has 0 bridgehead atoms. The Hall–Kier alpha value is -3.54. The van der Waals surface area contributed by atoms with E-state index in [0.717, 1.165) is 17.0 Å². The smallest absolute Gasteiger partial charge is 0.254 e. The number of anilines is 1. The number of nitrogens with zero attached hydrogens (tertiary/aromatic N) is 2.